The molecule has 1 atom stereocenters. The fraction of sp³-hybridized carbons (Fsp3) is 0.185. The Morgan fingerprint density at radius 3 is 2.41 bits per heavy atom. The van der Waals surface area contributed by atoms with Crippen LogP contribution in [0.2, 0.25) is 0 Å². The summed E-state index contributed by atoms with van der Waals surface area (Å²) in [5, 5.41) is 2.87. The largest absolute Gasteiger partial charge is 0.439 e. The van der Waals surface area contributed by atoms with Crippen LogP contribution in [0, 0.1) is 0 Å². The number of amides is 1. The normalized spacial score (nSPS) is 12.0. The number of carbonyl (C=O) groups excluding carboxylic acids is 1. The van der Waals surface area contributed by atoms with Crippen molar-refractivity contribution in [2.75, 3.05) is 5.32 Å². The third-order valence-corrected chi connectivity index (χ3v) is 5.42. The zero-order chi connectivity index (χ0) is 22.3. The van der Waals surface area contributed by atoms with E-state index in [1.807, 2.05) is 66.7 Å². The molecule has 4 aromatic rings. The van der Waals surface area contributed by atoms with Crippen LogP contribution in [0.15, 0.2) is 95.5 Å². The summed E-state index contributed by atoms with van der Waals surface area (Å²) in [4.78, 5) is 18.4. The molecule has 1 amide bonds. The summed E-state index contributed by atoms with van der Waals surface area (Å²) in [6.45, 7) is 4.99. The van der Waals surface area contributed by atoms with Crippen LogP contribution in [0.4, 0.5) is 5.69 Å². The van der Waals surface area contributed by atoms with Gasteiger partial charge in [0.1, 0.15) is 0 Å². The number of nitrogens with zero attached hydrogens (tertiary/aromatic N) is 2. The molecule has 1 aromatic heterocycles. The van der Waals surface area contributed by atoms with Crippen LogP contribution in [0.1, 0.15) is 36.9 Å². The molecule has 0 saturated heterocycles. The Labute approximate surface area is 188 Å². The summed E-state index contributed by atoms with van der Waals surface area (Å²) in [6, 6.07) is 28.4. The van der Waals surface area contributed by atoms with E-state index in [4.69, 9.17) is 4.42 Å². The highest BCUT2D eigenvalue weighted by molar-refractivity contribution is 5.88. The van der Waals surface area contributed by atoms with Crippen molar-refractivity contribution < 1.29 is 9.21 Å². The molecule has 0 saturated carbocycles. The Kier molecular flexibility index (Phi) is 6.78. The summed E-state index contributed by atoms with van der Waals surface area (Å²) in [5.41, 5.74) is 4.13. The molecule has 5 heteroatoms. The number of aromatic nitrogens is 1. The van der Waals surface area contributed by atoms with Crippen LogP contribution in [-0.4, -0.2) is 15.8 Å². The second-order valence-electron chi connectivity index (χ2n) is 7.86. The second-order valence-corrected chi connectivity index (χ2v) is 7.86. The van der Waals surface area contributed by atoms with Gasteiger partial charge in [0, 0.05) is 30.8 Å². The van der Waals surface area contributed by atoms with Gasteiger partial charge < -0.3 is 9.73 Å². The first kappa shape index (κ1) is 21.5. The fourth-order valence-corrected chi connectivity index (χ4v) is 3.73. The number of anilines is 1. The van der Waals surface area contributed by atoms with Gasteiger partial charge in [-0.15, -0.1) is 0 Å². The lowest BCUT2D eigenvalue weighted by Gasteiger charge is -2.28. The minimum Gasteiger partial charge on any atom is -0.439 e. The van der Waals surface area contributed by atoms with Crippen molar-refractivity contribution >= 4 is 11.6 Å². The number of carbonyl (C=O) groups is 1. The van der Waals surface area contributed by atoms with E-state index in [0.717, 1.165) is 29.1 Å². The maximum absolute atomic E-state index is 11.5. The van der Waals surface area contributed by atoms with E-state index in [1.54, 1.807) is 6.20 Å². The molecule has 32 heavy (non-hydrogen) atoms. The molecule has 0 radical (unpaired) electrons. The average Bonchev–Trinajstić information content (AvgIpc) is 3.28. The quantitative estimate of drug-likeness (QED) is 0.373. The van der Waals surface area contributed by atoms with Crippen molar-refractivity contribution in [3.05, 3.63) is 108 Å². The zero-order valence-electron chi connectivity index (χ0n) is 18.4. The number of rotatable bonds is 8. The van der Waals surface area contributed by atoms with Gasteiger partial charge in [-0.2, -0.15) is 0 Å². The van der Waals surface area contributed by atoms with E-state index in [0.29, 0.717) is 12.4 Å². The predicted octanol–water partition coefficient (Wildman–Crippen LogP) is 6.06. The topological polar surface area (TPSA) is 58.4 Å². The van der Waals surface area contributed by atoms with Gasteiger partial charge in [0.2, 0.25) is 11.8 Å². The SMILES string of the molecule is CC(=O)Nc1cccc([C@H](C)N(Cc2ccccc2)Cc2ncc(-c3ccccc3)o2)c1. The summed E-state index contributed by atoms with van der Waals surface area (Å²) in [6.07, 6.45) is 1.79. The summed E-state index contributed by atoms with van der Waals surface area (Å²) in [7, 11) is 0. The van der Waals surface area contributed by atoms with E-state index in [-0.39, 0.29) is 11.9 Å². The van der Waals surface area contributed by atoms with Crippen molar-refractivity contribution in [3.8, 4) is 11.3 Å². The van der Waals surface area contributed by atoms with Gasteiger partial charge >= 0.3 is 0 Å². The van der Waals surface area contributed by atoms with Gasteiger partial charge in [-0.25, -0.2) is 4.98 Å². The summed E-state index contributed by atoms with van der Waals surface area (Å²) in [5.74, 6) is 1.36. The van der Waals surface area contributed by atoms with E-state index >= 15 is 0 Å². The molecule has 0 aliphatic carbocycles. The van der Waals surface area contributed by atoms with Crippen LogP contribution >= 0.6 is 0 Å². The minimum absolute atomic E-state index is 0.0795. The molecule has 1 N–H and O–H groups in total. The van der Waals surface area contributed by atoms with Crippen molar-refractivity contribution in [1.82, 2.24) is 9.88 Å². The Morgan fingerprint density at radius 2 is 1.69 bits per heavy atom. The zero-order valence-corrected chi connectivity index (χ0v) is 18.4. The maximum atomic E-state index is 11.5. The van der Waals surface area contributed by atoms with E-state index in [9.17, 15) is 4.79 Å². The van der Waals surface area contributed by atoms with Gasteiger partial charge in [-0.3, -0.25) is 9.69 Å². The standard InChI is InChI=1S/C27H27N3O2/c1-20(24-14-9-15-25(16-24)29-21(2)31)30(18-22-10-5-3-6-11-22)19-27-28-17-26(32-27)23-12-7-4-8-13-23/h3-17,20H,18-19H2,1-2H3,(H,29,31)/t20-/m0/s1. The molecule has 5 nitrogen and oxygen atoms in total. The number of hydrogen-bond donors (Lipinski definition) is 1. The van der Waals surface area contributed by atoms with E-state index < -0.39 is 0 Å². The molecule has 0 aliphatic rings. The van der Waals surface area contributed by atoms with E-state index in [1.165, 1.54) is 12.5 Å². The predicted molar refractivity (Wildman–Crippen MR) is 127 cm³/mol. The smallest absolute Gasteiger partial charge is 0.221 e. The molecule has 162 valence electrons. The monoisotopic (exact) mass is 425 g/mol. The lowest BCUT2D eigenvalue weighted by Crippen LogP contribution is -2.26. The van der Waals surface area contributed by atoms with Gasteiger partial charge in [0.25, 0.3) is 0 Å². The molecular weight excluding hydrogens is 398 g/mol. The van der Waals surface area contributed by atoms with Crippen molar-refractivity contribution in [2.45, 2.75) is 33.0 Å². The van der Waals surface area contributed by atoms with Crippen LogP contribution in [0.25, 0.3) is 11.3 Å². The molecule has 0 spiro atoms. The highest BCUT2D eigenvalue weighted by Gasteiger charge is 2.20. The maximum Gasteiger partial charge on any atom is 0.221 e. The Bertz CT molecular complexity index is 1160. The van der Waals surface area contributed by atoms with Crippen LogP contribution in [0.5, 0.6) is 0 Å². The highest BCUT2D eigenvalue weighted by atomic mass is 16.4. The lowest BCUT2D eigenvalue weighted by molar-refractivity contribution is -0.114. The Morgan fingerprint density at radius 1 is 0.969 bits per heavy atom. The third-order valence-electron chi connectivity index (χ3n) is 5.42. The number of benzene rings is 3. The van der Waals surface area contributed by atoms with E-state index in [2.05, 4.69) is 40.3 Å². The average molecular weight is 426 g/mol. The number of nitrogens with one attached hydrogen (secondary N) is 1. The van der Waals surface area contributed by atoms with Gasteiger partial charge in [0.05, 0.1) is 12.7 Å². The molecule has 3 aromatic carbocycles. The van der Waals surface area contributed by atoms with Gasteiger partial charge in [-0.05, 0) is 30.2 Å². The van der Waals surface area contributed by atoms with Crippen molar-refractivity contribution in [1.29, 1.82) is 0 Å². The van der Waals surface area contributed by atoms with Crippen LogP contribution in [0.3, 0.4) is 0 Å². The fourth-order valence-electron chi connectivity index (χ4n) is 3.73. The minimum atomic E-state index is -0.0795. The summed E-state index contributed by atoms with van der Waals surface area (Å²) >= 11 is 0. The lowest BCUT2D eigenvalue weighted by atomic mass is 10.0. The molecule has 0 unspecified atom stereocenters. The molecule has 0 aliphatic heterocycles. The van der Waals surface area contributed by atoms with Crippen molar-refractivity contribution in [2.24, 2.45) is 0 Å². The molecular formula is C27H27N3O2. The Hall–Kier alpha value is -3.70. The van der Waals surface area contributed by atoms with Crippen molar-refractivity contribution in [3.63, 3.8) is 0 Å². The van der Waals surface area contributed by atoms with Crippen LogP contribution in [-0.2, 0) is 17.9 Å². The Balaban J connectivity index is 1.59. The third kappa shape index (κ3) is 5.50. The van der Waals surface area contributed by atoms with Gasteiger partial charge in [0.15, 0.2) is 5.76 Å². The first-order chi connectivity index (χ1) is 15.6. The number of hydrogen-bond acceptors (Lipinski definition) is 4. The van der Waals surface area contributed by atoms with Gasteiger partial charge in [-0.1, -0.05) is 72.8 Å². The molecule has 0 fully saturated rings. The highest BCUT2D eigenvalue weighted by Crippen LogP contribution is 2.28. The summed E-state index contributed by atoms with van der Waals surface area (Å²) < 4.78 is 6.09. The second kappa shape index (κ2) is 10.1. The number of oxazole rings is 1. The van der Waals surface area contributed by atoms with Crippen LogP contribution < -0.4 is 5.32 Å². The molecule has 0 bridgehead atoms. The first-order valence-corrected chi connectivity index (χ1v) is 10.7. The molecule has 4 rings (SSSR count). The molecule has 1 heterocycles. The first-order valence-electron chi connectivity index (χ1n) is 10.7.